The first kappa shape index (κ1) is 10.7. The Labute approximate surface area is 92.4 Å². The Bertz CT molecular complexity index is 269. The Morgan fingerprint density at radius 3 is 2.60 bits per heavy atom. The first-order chi connectivity index (χ1) is 7.38. The Morgan fingerprint density at radius 2 is 1.87 bits per heavy atom. The number of rotatable bonds is 1. The molecule has 0 aromatic rings. The molecule has 0 heterocycles. The zero-order valence-electron chi connectivity index (χ0n) is 9.41. The van der Waals surface area contributed by atoms with E-state index < -0.39 is 0 Å². The summed E-state index contributed by atoms with van der Waals surface area (Å²) in [7, 11) is 0. The van der Waals surface area contributed by atoms with Gasteiger partial charge in [0.15, 0.2) is 0 Å². The molecule has 0 aliphatic heterocycles. The van der Waals surface area contributed by atoms with Crippen LogP contribution in [0.25, 0.3) is 0 Å². The number of hydrogen-bond acceptors (Lipinski definition) is 2. The highest BCUT2D eigenvalue weighted by Gasteiger charge is 2.19. The summed E-state index contributed by atoms with van der Waals surface area (Å²) < 4.78 is 0. The van der Waals surface area contributed by atoms with Gasteiger partial charge in [0.25, 0.3) is 0 Å². The Hall–Kier alpha value is -0.840. The van der Waals surface area contributed by atoms with E-state index >= 15 is 0 Å². The minimum absolute atomic E-state index is 0.251. The van der Waals surface area contributed by atoms with Gasteiger partial charge in [-0.05, 0) is 32.1 Å². The maximum absolute atomic E-state index is 8.91. The molecule has 2 heteroatoms. The molecule has 0 bridgehead atoms. The van der Waals surface area contributed by atoms with Gasteiger partial charge in [0.05, 0.1) is 12.0 Å². The second-order valence-electron chi connectivity index (χ2n) is 4.91. The normalized spacial score (nSPS) is 31.4. The van der Waals surface area contributed by atoms with Crippen molar-refractivity contribution in [2.45, 2.75) is 63.8 Å². The van der Waals surface area contributed by atoms with E-state index in [1.807, 2.05) is 0 Å². The van der Waals surface area contributed by atoms with E-state index in [-0.39, 0.29) is 5.92 Å². The lowest BCUT2D eigenvalue weighted by Crippen LogP contribution is -2.18. The van der Waals surface area contributed by atoms with Crippen LogP contribution in [0.15, 0.2) is 4.99 Å². The van der Waals surface area contributed by atoms with Crippen LogP contribution in [-0.4, -0.2) is 11.8 Å². The van der Waals surface area contributed by atoms with Crippen LogP contribution in [0.2, 0.25) is 0 Å². The van der Waals surface area contributed by atoms with Gasteiger partial charge in [-0.25, -0.2) is 0 Å². The van der Waals surface area contributed by atoms with Gasteiger partial charge < -0.3 is 0 Å². The molecular formula is C13H20N2. The smallest absolute Gasteiger partial charge is 0.0659 e. The van der Waals surface area contributed by atoms with Crippen molar-refractivity contribution < 1.29 is 0 Å². The molecule has 82 valence electrons. The highest BCUT2D eigenvalue weighted by molar-refractivity contribution is 5.85. The monoisotopic (exact) mass is 204 g/mol. The lowest BCUT2D eigenvalue weighted by atomic mass is 9.88. The lowest BCUT2D eigenvalue weighted by molar-refractivity contribution is 0.439. The largest absolute Gasteiger partial charge is 0.291 e. The molecule has 0 amide bonds. The van der Waals surface area contributed by atoms with Gasteiger partial charge in [0, 0.05) is 18.2 Å². The number of aliphatic imine (C=N–C) groups is 1. The van der Waals surface area contributed by atoms with Gasteiger partial charge in [-0.3, -0.25) is 4.99 Å². The van der Waals surface area contributed by atoms with Crippen molar-refractivity contribution in [3.8, 4) is 6.07 Å². The van der Waals surface area contributed by atoms with Crippen molar-refractivity contribution in [2.24, 2.45) is 10.9 Å². The third-order valence-electron chi connectivity index (χ3n) is 3.62. The van der Waals surface area contributed by atoms with E-state index in [2.05, 4.69) is 6.07 Å². The Kier molecular flexibility index (Phi) is 3.77. The SMILES string of the molecule is N#CC1CCCC(=NC2CCCCC2)C1. The first-order valence-corrected chi connectivity index (χ1v) is 6.33. The average Bonchev–Trinajstić information content (AvgIpc) is 2.31. The highest BCUT2D eigenvalue weighted by atomic mass is 14.8. The van der Waals surface area contributed by atoms with E-state index in [0.717, 1.165) is 19.3 Å². The zero-order valence-corrected chi connectivity index (χ0v) is 9.41. The summed E-state index contributed by atoms with van der Waals surface area (Å²) in [5, 5.41) is 8.91. The summed E-state index contributed by atoms with van der Waals surface area (Å²) in [6.07, 6.45) is 11.0. The summed E-state index contributed by atoms with van der Waals surface area (Å²) >= 11 is 0. The number of hydrogen-bond donors (Lipinski definition) is 0. The van der Waals surface area contributed by atoms with Crippen LogP contribution in [0.4, 0.5) is 0 Å². The van der Waals surface area contributed by atoms with Crippen molar-refractivity contribution in [1.82, 2.24) is 0 Å². The third kappa shape index (κ3) is 3.06. The maximum Gasteiger partial charge on any atom is 0.0659 e. The maximum atomic E-state index is 8.91. The molecule has 2 aliphatic rings. The molecule has 1 atom stereocenters. The quantitative estimate of drug-likeness (QED) is 0.644. The molecule has 0 saturated heterocycles. The molecule has 0 aromatic heterocycles. The molecule has 2 saturated carbocycles. The van der Waals surface area contributed by atoms with Gasteiger partial charge in [-0.1, -0.05) is 19.3 Å². The van der Waals surface area contributed by atoms with E-state index in [1.54, 1.807) is 0 Å². The van der Waals surface area contributed by atoms with Crippen LogP contribution in [-0.2, 0) is 0 Å². The van der Waals surface area contributed by atoms with Crippen LogP contribution < -0.4 is 0 Å². The van der Waals surface area contributed by atoms with Crippen molar-refractivity contribution in [1.29, 1.82) is 5.26 Å². The molecule has 2 rings (SSSR count). The third-order valence-corrected chi connectivity index (χ3v) is 3.62. The summed E-state index contributed by atoms with van der Waals surface area (Å²) in [4.78, 5) is 4.86. The summed E-state index contributed by atoms with van der Waals surface area (Å²) in [6, 6.07) is 2.98. The number of nitriles is 1. The van der Waals surface area contributed by atoms with Gasteiger partial charge in [-0.15, -0.1) is 0 Å². The zero-order chi connectivity index (χ0) is 10.5. The van der Waals surface area contributed by atoms with Crippen LogP contribution in [0.3, 0.4) is 0 Å². The second kappa shape index (κ2) is 5.30. The molecule has 2 aliphatic carbocycles. The van der Waals surface area contributed by atoms with Crippen LogP contribution in [0.5, 0.6) is 0 Å². The van der Waals surface area contributed by atoms with E-state index in [4.69, 9.17) is 10.3 Å². The topological polar surface area (TPSA) is 36.1 Å². The van der Waals surface area contributed by atoms with Crippen LogP contribution in [0.1, 0.15) is 57.8 Å². The predicted octanol–water partition coefficient (Wildman–Crippen LogP) is 3.47. The minimum Gasteiger partial charge on any atom is -0.291 e. The minimum atomic E-state index is 0.251. The van der Waals surface area contributed by atoms with Crippen LogP contribution in [0, 0.1) is 17.2 Å². The summed E-state index contributed by atoms with van der Waals surface area (Å²) in [6.45, 7) is 0. The fourth-order valence-electron chi connectivity index (χ4n) is 2.74. The molecule has 0 N–H and O–H groups in total. The average molecular weight is 204 g/mol. The van der Waals surface area contributed by atoms with Gasteiger partial charge in [-0.2, -0.15) is 5.26 Å². The van der Waals surface area contributed by atoms with Gasteiger partial charge in [0.2, 0.25) is 0 Å². The second-order valence-corrected chi connectivity index (χ2v) is 4.91. The van der Waals surface area contributed by atoms with Gasteiger partial charge >= 0.3 is 0 Å². The fraction of sp³-hybridized carbons (Fsp3) is 0.846. The standard InChI is InChI=1S/C13H20N2/c14-10-11-5-4-8-13(9-11)15-12-6-2-1-3-7-12/h11-12H,1-9H2. The van der Waals surface area contributed by atoms with Crippen molar-refractivity contribution in [3.63, 3.8) is 0 Å². The van der Waals surface area contributed by atoms with Crippen molar-refractivity contribution in [2.75, 3.05) is 0 Å². The van der Waals surface area contributed by atoms with E-state index in [1.165, 1.54) is 44.2 Å². The Morgan fingerprint density at radius 1 is 1.07 bits per heavy atom. The first-order valence-electron chi connectivity index (χ1n) is 6.33. The lowest BCUT2D eigenvalue weighted by Gasteiger charge is -2.22. The van der Waals surface area contributed by atoms with Crippen LogP contribution >= 0.6 is 0 Å². The number of nitrogens with zero attached hydrogens (tertiary/aromatic N) is 2. The molecule has 1 unspecified atom stereocenters. The van der Waals surface area contributed by atoms with E-state index in [9.17, 15) is 0 Å². The highest BCUT2D eigenvalue weighted by Crippen LogP contribution is 2.25. The van der Waals surface area contributed by atoms with Crippen molar-refractivity contribution in [3.05, 3.63) is 0 Å². The molecule has 0 aromatic carbocycles. The fourth-order valence-corrected chi connectivity index (χ4v) is 2.74. The van der Waals surface area contributed by atoms with E-state index in [0.29, 0.717) is 6.04 Å². The summed E-state index contributed by atoms with van der Waals surface area (Å²) in [5.74, 6) is 0.251. The van der Waals surface area contributed by atoms with Gasteiger partial charge in [0.1, 0.15) is 0 Å². The molecule has 15 heavy (non-hydrogen) atoms. The molecule has 2 fully saturated rings. The molecule has 2 nitrogen and oxygen atoms in total. The molecular weight excluding hydrogens is 184 g/mol. The molecule has 0 radical (unpaired) electrons. The van der Waals surface area contributed by atoms with Crippen molar-refractivity contribution >= 4 is 5.71 Å². The molecule has 0 spiro atoms. The predicted molar refractivity (Wildman–Crippen MR) is 61.9 cm³/mol. The Balaban J connectivity index is 1.91. The summed E-state index contributed by atoms with van der Waals surface area (Å²) in [5.41, 5.74) is 1.33.